The predicted molar refractivity (Wildman–Crippen MR) is 44.4 cm³/mol. The van der Waals surface area contributed by atoms with Crippen LogP contribution in [0, 0.1) is 0 Å². The average Bonchev–Trinajstić information content (AvgIpc) is 2.70. The summed E-state index contributed by atoms with van der Waals surface area (Å²) in [5.41, 5.74) is 0. The van der Waals surface area contributed by atoms with E-state index in [2.05, 4.69) is 10.1 Å². The molecule has 0 heterocycles. The summed E-state index contributed by atoms with van der Waals surface area (Å²) in [6, 6.07) is 0.463. The third-order valence-corrected chi connectivity index (χ3v) is 1.49. The van der Waals surface area contributed by atoms with Crippen LogP contribution >= 0.6 is 0 Å². The molecule has 62 valence electrons. The van der Waals surface area contributed by atoms with Crippen LogP contribution in [-0.4, -0.2) is 42.3 Å². The van der Waals surface area contributed by atoms with E-state index in [4.69, 9.17) is 5.21 Å². The topological polar surface area (TPSA) is 48.2 Å². The van der Waals surface area contributed by atoms with Gasteiger partial charge in [0.05, 0.1) is 6.04 Å². The summed E-state index contributed by atoms with van der Waals surface area (Å²) in [5, 5.41) is 11.2. The molecule has 1 aliphatic rings. The number of oxime groups is 1. The van der Waals surface area contributed by atoms with Gasteiger partial charge in [0, 0.05) is 14.1 Å². The van der Waals surface area contributed by atoms with Gasteiger partial charge in [0.15, 0.2) is 0 Å². The van der Waals surface area contributed by atoms with Crippen LogP contribution in [0.5, 0.6) is 0 Å². The number of rotatable bonds is 2. The Labute approximate surface area is 66.2 Å². The van der Waals surface area contributed by atoms with Crippen LogP contribution in [0.1, 0.15) is 12.8 Å². The molecule has 0 radical (unpaired) electrons. The van der Waals surface area contributed by atoms with Crippen molar-refractivity contribution in [1.82, 2.24) is 4.90 Å². The van der Waals surface area contributed by atoms with Crippen LogP contribution in [0.25, 0.3) is 0 Å². The van der Waals surface area contributed by atoms with E-state index in [9.17, 15) is 0 Å². The highest BCUT2D eigenvalue weighted by Gasteiger charge is 2.20. The van der Waals surface area contributed by atoms with Crippen molar-refractivity contribution in [3.63, 3.8) is 0 Å². The van der Waals surface area contributed by atoms with Gasteiger partial charge < -0.3 is 10.1 Å². The molecule has 11 heavy (non-hydrogen) atoms. The zero-order valence-electron chi connectivity index (χ0n) is 6.86. The maximum atomic E-state index is 8.28. The first-order chi connectivity index (χ1) is 5.24. The molecule has 0 aromatic heterocycles. The molecule has 0 unspecified atom stereocenters. The van der Waals surface area contributed by atoms with E-state index >= 15 is 0 Å². The summed E-state index contributed by atoms with van der Waals surface area (Å²) in [6.07, 6.45) is 3.69. The minimum absolute atomic E-state index is 0.463. The van der Waals surface area contributed by atoms with Crippen molar-refractivity contribution in [2.24, 2.45) is 10.1 Å². The van der Waals surface area contributed by atoms with Gasteiger partial charge in [-0.05, 0) is 12.8 Å². The zero-order chi connectivity index (χ0) is 8.27. The zero-order valence-corrected chi connectivity index (χ0v) is 6.86. The Morgan fingerprint density at radius 3 is 2.55 bits per heavy atom. The van der Waals surface area contributed by atoms with Gasteiger partial charge in [0.25, 0.3) is 0 Å². The minimum atomic E-state index is 0.463. The SMILES string of the molecule is CN(C)C(C=NO)=NC1CC1. The van der Waals surface area contributed by atoms with Gasteiger partial charge >= 0.3 is 0 Å². The fraction of sp³-hybridized carbons (Fsp3) is 0.714. The van der Waals surface area contributed by atoms with Crippen LogP contribution in [0.2, 0.25) is 0 Å². The van der Waals surface area contributed by atoms with Crippen molar-refractivity contribution in [3.05, 3.63) is 0 Å². The first kappa shape index (κ1) is 8.04. The largest absolute Gasteiger partial charge is 0.411 e. The standard InChI is InChI=1S/C7H13N3O/c1-10(2)7(5-8-11)9-6-3-4-6/h5-6,11H,3-4H2,1-2H3. The van der Waals surface area contributed by atoms with Crippen LogP contribution in [0.15, 0.2) is 10.1 Å². The van der Waals surface area contributed by atoms with Crippen molar-refractivity contribution >= 4 is 12.1 Å². The quantitative estimate of drug-likeness (QED) is 0.274. The maximum Gasteiger partial charge on any atom is 0.145 e. The van der Waals surface area contributed by atoms with Gasteiger partial charge in [-0.2, -0.15) is 0 Å². The van der Waals surface area contributed by atoms with Crippen molar-refractivity contribution in [2.45, 2.75) is 18.9 Å². The molecule has 1 rings (SSSR count). The monoisotopic (exact) mass is 155 g/mol. The average molecular weight is 155 g/mol. The molecular formula is C7H13N3O. The summed E-state index contributed by atoms with van der Waals surface area (Å²) < 4.78 is 0. The van der Waals surface area contributed by atoms with Crippen LogP contribution in [-0.2, 0) is 0 Å². The number of aliphatic imine (C=N–C) groups is 1. The van der Waals surface area contributed by atoms with E-state index < -0.39 is 0 Å². The number of amidine groups is 1. The lowest BCUT2D eigenvalue weighted by molar-refractivity contribution is 0.322. The van der Waals surface area contributed by atoms with E-state index in [0.29, 0.717) is 6.04 Å². The Bertz CT molecular complexity index is 182. The molecule has 1 N–H and O–H groups in total. The molecule has 0 atom stereocenters. The lowest BCUT2D eigenvalue weighted by atomic mass is 10.5. The molecular weight excluding hydrogens is 142 g/mol. The molecule has 1 fully saturated rings. The molecule has 1 saturated carbocycles. The molecule has 1 aliphatic carbocycles. The van der Waals surface area contributed by atoms with Gasteiger partial charge in [-0.15, -0.1) is 0 Å². The number of hydrogen-bond acceptors (Lipinski definition) is 3. The van der Waals surface area contributed by atoms with Gasteiger partial charge in [-0.25, -0.2) is 0 Å². The molecule has 0 aromatic carbocycles. The van der Waals surface area contributed by atoms with Crippen molar-refractivity contribution in [3.8, 4) is 0 Å². The number of nitrogens with zero attached hydrogens (tertiary/aromatic N) is 3. The second-order valence-corrected chi connectivity index (χ2v) is 2.86. The predicted octanol–water partition coefficient (Wildman–Crippen LogP) is 0.569. The molecule has 0 saturated heterocycles. The van der Waals surface area contributed by atoms with E-state index in [1.54, 1.807) is 0 Å². The van der Waals surface area contributed by atoms with Crippen molar-refractivity contribution in [2.75, 3.05) is 14.1 Å². The first-order valence-corrected chi connectivity index (χ1v) is 3.66. The second kappa shape index (κ2) is 3.37. The molecule has 0 spiro atoms. The minimum Gasteiger partial charge on any atom is -0.411 e. The van der Waals surface area contributed by atoms with Gasteiger partial charge in [0.1, 0.15) is 12.1 Å². The molecule has 0 aromatic rings. The third-order valence-electron chi connectivity index (χ3n) is 1.49. The highest BCUT2D eigenvalue weighted by molar-refractivity contribution is 6.29. The van der Waals surface area contributed by atoms with Crippen LogP contribution in [0.4, 0.5) is 0 Å². The van der Waals surface area contributed by atoms with Gasteiger partial charge in [0.2, 0.25) is 0 Å². The summed E-state index contributed by atoms with van der Waals surface area (Å²) in [7, 11) is 3.76. The van der Waals surface area contributed by atoms with E-state index in [1.807, 2.05) is 19.0 Å². The van der Waals surface area contributed by atoms with Gasteiger partial charge in [-0.3, -0.25) is 4.99 Å². The fourth-order valence-electron chi connectivity index (χ4n) is 0.707. The van der Waals surface area contributed by atoms with Crippen LogP contribution < -0.4 is 0 Å². The molecule has 0 aliphatic heterocycles. The maximum absolute atomic E-state index is 8.28. The van der Waals surface area contributed by atoms with Crippen LogP contribution in [0.3, 0.4) is 0 Å². The summed E-state index contributed by atoms with van der Waals surface area (Å²) in [6.45, 7) is 0. The normalized spacial score (nSPS) is 19.3. The molecule has 4 heteroatoms. The third kappa shape index (κ3) is 2.57. The van der Waals surface area contributed by atoms with Gasteiger partial charge in [-0.1, -0.05) is 5.16 Å². The molecule has 0 bridgehead atoms. The Balaban J connectivity index is 2.56. The number of hydrogen-bond donors (Lipinski definition) is 1. The Hall–Kier alpha value is -1.06. The highest BCUT2D eigenvalue weighted by Crippen LogP contribution is 2.23. The Morgan fingerprint density at radius 2 is 2.18 bits per heavy atom. The van der Waals surface area contributed by atoms with E-state index in [1.165, 1.54) is 6.21 Å². The molecule has 4 nitrogen and oxygen atoms in total. The van der Waals surface area contributed by atoms with E-state index in [0.717, 1.165) is 18.7 Å². The molecule has 0 amide bonds. The smallest absolute Gasteiger partial charge is 0.145 e. The van der Waals surface area contributed by atoms with Crippen molar-refractivity contribution < 1.29 is 5.21 Å². The fourth-order valence-corrected chi connectivity index (χ4v) is 0.707. The summed E-state index contributed by atoms with van der Waals surface area (Å²) >= 11 is 0. The lowest BCUT2D eigenvalue weighted by Gasteiger charge is -2.10. The van der Waals surface area contributed by atoms with E-state index in [-0.39, 0.29) is 0 Å². The lowest BCUT2D eigenvalue weighted by Crippen LogP contribution is -2.23. The van der Waals surface area contributed by atoms with Crippen molar-refractivity contribution in [1.29, 1.82) is 0 Å². The Morgan fingerprint density at radius 1 is 1.55 bits per heavy atom. The Kier molecular flexibility index (Phi) is 2.46. The summed E-state index contributed by atoms with van der Waals surface area (Å²) in [5.74, 6) is 0.731. The highest BCUT2D eigenvalue weighted by atomic mass is 16.4. The second-order valence-electron chi connectivity index (χ2n) is 2.86. The first-order valence-electron chi connectivity index (χ1n) is 3.66. The summed E-state index contributed by atoms with van der Waals surface area (Å²) in [4.78, 5) is 6.14.